The van der Waals surface area contributed by atoms with Gasteiger partial charge in [0.2, 0.25) is 0 Å². The number of nitrogens with zero attached hydrogens (tertiary/aromatic N) is 3. The second kappa shape index (κ2) is 16.1. The van der Waals surface area contributed by atoms with Crippen LogP contribution in [0.3, 0.4) is 0 Å². The number of piperidine rings is 2. The molecule has 1 saturated carbocycles. The number of aldehydes is 1. The number of hydrogen-bond donors (Lipinski definition) is 2. The summed E-state index contributed by atoms with van der Waals surface area (Å²) in [6.07, 6.45) is 1.57. The fourth-order valence-electron chi connectivity index (χ4n) is 5.86. The largest absolute Gasteiger partial charge is 0.393 e. The molecule has 7 nitrogen and oxygen atoms in total. The van der Waals surface area contributed by atoms with Crippen molar-refractivity contribution in [3.05, 3.63) is 47.4 Å². The van der Waals surface area contributed by atoms with E-state index in [0.29, 0.717) is 68.0 Å². The van der Waals surface area contributed by atoms with Crippen molar-refractivity contribution in [1.29, 1.82) is 5.41 Å². The Kier molecular flexibility index (Phi) is 12.9. The van der Waals surface area contributed by atoms with Crippen LogP contribution in [0.15, 0.2) is 30.3 Å². The summed E-state index contributed by atoms with van der Waals surface area (Å²) in [5, 5.41) is 12.2. The predicted molar refractivity (Wildman–Crippen MR) is 163 cm³/mol. The summed E-state index contributed by atoms with van der Waals surface area (Å²) in [7, 11) is 3.25. The zero-order valence-electron chi connectivity index (χ0n) is 25.6. The van der Waals surface area contributed by atoms with Crippen LogP contribution in [-0.4, -0.2) is 74.5 Å². The number of anilines is 3. The van der Waals surface area contributed by atoms with Gasteiger partial charge in [-0.3, -0.25) is 9.69 Å². The van der Waals surface area contributed by atoms with Crippen molar-refractivity contribution in [3.63, 3.8) is 0 Å². The van der Waals surface area contributed by atoms with Gasteiger partial charge in [0.1, 0.15) is 17.3 Å². The first-order chi connectivity index (χ1) is 20.6. The molecule has 2 N–H and O–H groups in total. The van der Waals surface area contributed by atoms with Gasteiger partial charge in [-0.2, -0.15) is 13.2 Å². The molecule has 1 aromatic carbocycles. The zero-order valence-corrected chi connectivity index (χ0v) is 25.6. The van der Waals surface area contributed by atoms with E-state index in [1.807, 2.05) is 18.7 Å². The van der Waals surface area contributed by atoms with Crippen molar-refractivity contribution in [3.8, 4) is 0 Å². The van der Waals surface area contributed by atoms with Gasteiger partial charge in [0, 0.05) is 57.2 Å². The minimum Gasteiger partial charge on any atom is -0.388 e. The summed E-state index contributed by atoms with van der Waals surface area (Å²) < 4.78 is 57.8. The second-order valence-corrected chi connectivity index (χ2v) is 11.1. The van der Waals surface area contributed by atoms with Crippen LogP contribution < -0.4 is 10.2 Å². The lowest BCUT2D eigenvalue weighted by Gasteiger charge is -2.43. The minimum absolute atomic E-state index is 0.0576. The Morgan fingerprint density at radius 1 is 1.02 bits per heavy atom. The molecule has 2 aromatic rings. The van der Waals surface area contributed by atoms with E-state index in [0.717, 1.165) is 24.9 Å². The highest BCUT2D eigenvalue weighted by Gasteiger charge is 2.43. The topological polar surface area (TPSA) is 81.6 Å². The quantitative estimate of drug-likeness (QED) is 0.193. The van der Waals surface area contributed by atoms with E-state index in [9.17, 15) is 22.4 Å². The third-order valence-corrected chi connectivity index (χ3v) is 8.27. The molecule has 3 aliphatic rings. The highest BCUT2D eigenvalue weighted by atomic mass is 19.4. The molecular weight excluding hydrogens is 562 g/mol. The minimum atomic E-state index is -4.16. The Hall–Kier alpha value is -3.05. The molecular formula is C32H45F4N5O2. The lowest BCUT2D eigenvalue weighted by molar-refractivity contribution is -0.188. The molecule has 43 heavy (non-hydrogen) atoms. The number of alkyl halides is 3. The van der Waals surface area contributed by atoms with Crippen LogP contribution in [0.25, 0.3) is 0 Å². The van der Waals surface area contributed by atoms with Crippen LogP contribution in [0.4, 0.5) is 34.8 Å². The van der Waals surface area contributed by atoms with Crippen molar-refractivity contribution in [2.24, 2.45) is 11.8 Å². The number of carbonyl (C=O) groups excluding carboxylic acids is 1. The maximum Gasteiger partial charge on any atom is 0.393 e. The number of halogens is 4. The van der Waals surface area contributed by atoms with Crippen LogP contribution in [0.5, 0.6) is 0 Å². The number of pyridine rings is 1. The first-order valence-corrected chi connectivity index (χ1v) is 15.2. The summed E-state index contributed by atoms with van der Waals surface area (Å²) in [5.74, 6) is -1.14. The summed E-state index contributed by atoms with van der Waals surface area (Å²) in [6, 6.07) is 7.62. The van der Waals surface area contributed by atoms with Crippen molar-refractivity contribution in [2.75, 3.05) is 50.6 Å². The number of methoxy groups -OCH3 is 1. The van der Waals surface area contributed by atoms with E-state index in [1.54, 1.807) is 32.4 Å². The number of rotatable bonds is 7. The lowest BCUT2D eigenvalue weighted by atomic mass is 9.79. The van der Waals surface area contributed by atoms with E-state index >= 15 is 0 Å². The molecule has 2 aliphatic heterocycles. The number of ether oxygens (including phenoxy) is 1. The van der Waals surface area contributed by atoms with Crippen molar-refractivity contribution < 1.29 is 27.1 Å². The van der Waals surface area contributed by atoms with Crippen molar-refractivity contribution >= 4 is 29.2 Å². The van der Waals surface area contributed by atoms with Gasteiger partial charge in [0.15, 0.2) is 6.29 Å². The first kappa shape index (κ1) is 34.4. The summed E-state index contributed by atoms with van der Waals surface area (Å²) in [6.45, 7) is 5.97. The van der Waals surface area contributed by atoms with Crippen LogP contribution in [0.2, 0.25) is 0 Å². The van der Waals surface area contributed by atoms with Crippen molar-refractivity contribution in [1.82, 2.24) is 9.88 Å². The normalized spacial score (nSPS) is 19.7. The summed E-state index contributed by atoms with van der Waals surface area (Å²) in [5.41, 5.74) is 2.67. The molecule has 11 heteroatoms. The monoisotopic (exact) mass is 607 g/mol. The maximum atomic E-state index is 13.5. The third kappa shape index (κ3) is 8.98. The van der Waals surface area contributed by atoms with Gasteiger partial charge < -0.3 is 20.4 Å². The van der Waals surface area contributed by atoms with Crippen LogP contribution >= 0.6 is 0 Å². The smallest absolute Gasteiger partial charge is 0.388 e. The molecule has 0 bridgehead atoms. The van der Waals surface area contributed by atoms with Gasteiger partial charge in [-0.05, 0) is 75.4 Å². The molecule has 1 unspecified atom stereocenters. The molecule has 0 radical (unpaired) electrons. The van der Waals surface area contributed by atoms with Gasteiger partial charge >= 0.3 is 6.18 Å². The number of nitrogens with one attached hydrogen (secondary N) is 2. The number of aromatic nitrogens is 1. The van der Waals surface area contributed by atoms with Gasteiger partial charge in [0.05, 0.1) is 17.2 Å². The van der Waals surface area contributed by atoms with Gasteiger partial charge in [0.25, 0.3) is 0 Å². The number of carbonyl (C=O) groups is 1. The first-order valence-electron chi connectivity index (χ1n) is 15.2. The Morgan fingerprint density at radius 3 is 2.19 bits per heavy atom. The Bertz CT molecular complexity index is 1180. The zero-order chi connectivity index (χ0) is 31.6. The van der Waals surface area contributed by atoms with E-state index in [2.05, 4.69) is 19.9 Å². The standard InChI is InChI=1S/C28H33F4N5O.C2H6O.C2H6/c29-20-6-8-21(9-7-20)34-27-25(26(33)18-3-1-4-18)24(15-22(17-38)35-27)36-13-10-23(11-14-36)37-12-2-5-19(16-37)28(30,31)32;1-3-2;1-2/h6-9,15,17-19,23,33H,1-5,10-14,16H2,(H,34,35);1-2H3;1-2H3. The molecule has 3 heterocycles. The summed E-state index contributed by atoms with van der Waals surface area (Å²) in [4.78, 5) is 20.5. The highest BCUT2D eigenvalue weighted by Crippen LogP contribution is 2.39. The van der Waals surface area contributed by atoms with Crippen LogP contribution in [-0.2, 0) is 4.74 Å². The van der Waals surface area contributed by atoms with E-state index in [1.165, 1.54) is 12.1 Å². The Balaban J connectivity index is 0.000000953. The van der Waals surface area contributed by atoms with Gasteiger partial charge in [-0.15, -0.1) is 0 Å². The van der Waals surface area contributed by atoms with Crippen LogP contribution in [0.1, 0.15) is 74.8 Å². The van der Waals surface area contributed by atoms with E-state index in [4.69, 9.17) is 5.41 Å². The number of hydrogen-bond acceptors (Lipinski definition) is 7. The van der Waals surface area contributed by atoms with Crippen LogP contribution in [0, 0.1) is 23.1 Å². The molecule has 1 atom stereocenters. The van der Waals surface area contributed by atoms with Gasteiger partial charge in [-0.1, -0.05) is 20.3 Å². The maximum absolute atomic E-state index is 13.5. The van der Waals surface area contributed by atoms with Crippen molar-refractivity contribution in [2.45, 2.75) is 71.0 Å². The highest BCUT2D eigenvalue weighted by molar-refractivity contribution is 6.10. The molecule has 1 aromatic heterocycles. The molecule has 0 amide bonds. The van der Waals surface area contributed by atoms with E-state index < -0.39 is 12.1 Å². The molecule has 5 rings (SSSR count). The second-order valence-electron chi connectivity index (χ2n) is 11.1. The number of likely N-dealkylation sites (tertiary alicyclic amines) is 1. The van der Waals surface area contributed by atoms with E-state index in [-0.39, 0.29) is 36.4 Å². The lowest BCUT2D eigenvalue weighted by Crippen LogP contribution is -2.50. The average Bonchev–Trinajstić information content (AvgIpc) is 2.98. The predicted octanol–water partition coefficient (Wildman–Crippen LogP) is 7.48. The molecule has 3 fully saturated rings. The fraction of sp³-hybridized carbons (Fsp3) is 0.594. The molecule has 1 aliphatic carbocycles. The molecule has 238 valence electrons. The van der Waals surface area contributed by atoms with Gasteiger partial charge in [-0.25, -0.2) is 9.37 Å². The molecule has 0 spiro atoms. The summed E-state index contributed by atoms with van der Waals surface area (Å²) >= 11 is 0. The fourth-order valence-corrected chi connectivity index (χ4v) is 5.86. The third-order valence-electron chi connectivity index (χ3n) is 8.27. The number of benzene rings is 1. The Morgan fingerprint density at radius 2 is 1.65 bits per heavy atom. The SMILES string of the molecule is CC.COC.N=C(c1c(N2CCC(N3CCCC(C(F)(F)F)C3)CC2)cc(C=O)nc1Nc1ccc(F)cc1)C1CCC1. The molecule has 2 saturated heterocycles. The Labute approximate surface area is 252 Å². The average molecular weight is 608 g/mol.